The topological polar surface area (TPSA) is 49.8 Å². The SMILES string of the molecule is CCNC(=NCCCc1nc(C)cs1)N1CCC(Oc2ccccc2)CC1.I. The summed E-state index contributed by atoms with van der Waals surface area (Å²) in [5, 5.41) is 6.77. The first-order chi connectivity index (χ1) is 13.2. The smallest absolute Gasteiger partial charge is 0.193 e. The van der Waals surface area contributed by atoms with Crippen LogP contribution in [0.1, 0.15) is 36.9 Å². The van der Waals surface area contributed by atoms with Crippen molar-refractivity contribution in [1.82, 2.24) is 15.2 Å². The number of hydrogen-bond donors (Lipinski definition) is 1. The second kappa shape index (κ2) is 12.3. The number of rotatable bonds is 7. The molecule has 0 amide bonds. The lowest BCUT2D eigenvalue weighted by atomic mass is 10.1. The van der Waals surface area contributed by atoms with Crippen molar-refractivity contribution in [3.63, 3.8) is 0 Å². The predicted octanol–water partition coefficient (Wildman–Crippen LogP) is 4.51. The number of nitrogens with zero attached hydrogens (tertiary/aromatic N) is 3. The first-order valence-electron chi connectivity index (χ1n) is 9.90. The Morgan fingerprint density at radius 2 is 2.04 bits per heavy atom. The average molecular weight is 514 g/mol. The maximum atomic E-state index is 6.10. The summed E-state index contributed by atoms with van der Waals surface area (Å²) >= 11 is 1.75. The highest BCUT2D eigenvalue weighted by atomic mass is 127. The number of aromatic nitrogens is 1. The van der Waals surface area contributed by atoms with Gasteiger partial charge in [0.25, 0.3) is 0 Å². The molecule has 0 spiro atoms. The van der Waals surface area contributed by atoms with Gasteiger partial charge >= 0.3 is 0 Å². The molecule has 1 aromatic heterocycles. The lowest BCUT2D eigenvalue weighted by Gasteiger charge is -2.34. The van der Waals surface area contributed by atoms with E-state index in [0.29, 0.717) is 6.10 Å². The van der Waals surface area contributed by atoms with Gasteiger partial charge in [0.2, 0.25) is 0 Å². The summed E-state index contributed by atoms with van der Waals surface area (Å²) in [6.07, 6.45) is 4.39. The summed E-state index contributed by atoms with van der Waals surface area (Å²) in [5.41, 5.74) is 1.12. The van der Waals surface area contributed by atoms with Gasteiger partial charge in [-0.1, -0.05) is 18.2 Å². The Balaban J connectivity index is 0.00000280. The zero-order chi connectivity index (χ0) is 18.9. The van der Waals surface area contributed by atoms with Crippen LogP contribution in [0.5, 0.6) is 5.75 Å². The monoisotopic (exact) mass is 514 g/mol. The largest absolute Gasteiger partial charge is 0.490 e. The number of piperidine rings is 1. The molecular weight excluding hydrogens is 483 g/mol. The number of guanidine groups is 1. The summed E-state index contributed by atoms with van der Waals surface area (Å²) in [6, 6.07) is 10.1. The molecule has 28 heavy (non-hydrogen) atoms. The van der Waals surface area contributed by atoms with Crippen LogP contribution in [0, 0.1) is 6.92 Å². The van der Waals surface area contributed by atoms with E-state index in [4.69, 9.17) is 9.73 Å². The zero-order valence-corrected chi connectivity index (χ0v) is 19.9. The molecule has 1 saturated heterocycles. The minimum atomic E-state index is 0. The number of ether oxygens (including phenoxy) is 1. The molecule has 0 aliphatic carbocycles. The van der Waals surface area contributed by atoms with Crippen LogP contribution < -0.4 is 10.1 Å². The fraction of sp³-hybridized carbons (Fsp3) is 0.524. The van der Waals surface area contributed by atoms with Crippen LogP contribution in [0.3, 0.4) is 0 Å². The standard InChI is InChI=1S/C21H30N4OS.HI/c1-3-22-21(23-13-7-10-20-24-17(2)16-27-20)25-14-11-19(12-15-25)26-18-8-5-4-6-9-18;/h4-6,8-9,16,19H,3,7,10-15H2,1-2H3,(H,22,23);1H. The van der Waals surface area contributed by atoms with Crippen molar-refractivity contribution in [3.05, 3.63) is 46.4 Å². The molecule has 1 aliphatic rings. The van der Waals surface area contributed by atoms with E-state index >= 15 is 0 Å². The van der Waals surface area contributed by atoms with Gasteiger partial charge in [-0.25, -0.2) is 4.98 Å². The number of nitrogens with one attached hydrogen (secondary N) is 1. The molecule has 3 rings (SSSR count). The first-order valence-corrected chi connectivity index (χ1v) is 10.8. The van der Waals surface area contributed by atoms with Gasteiger partial charge in [0.1, 0.15) is 11.9 Å². The number of thiazole rings is 1. The molecular formula is C21H31IN4OS. The molecule has 7 heteroatoms. The van der Waals surface area contributed by atoms with E-state index in [-0.39, 0.29) is 24.0 Å². The Labute approximate surface area is 189 Å². The maximum absolute atomic E-state index is 6.10. The van der Waals surface area contributed by atoms with Gasteiger partial charge in [-0.3, -0.25) is 4.99 Å². The van der Waals surface area contributed by atoms with E-state index < -0.39 is 0 Å². The zero-order valence-electron chi connectivity index (χ0n) is 16.8. The molecule has 2 aromatic rings. The first kappa shape index (κ1) is 22.9. The van der Waals surface area contributed by atoms with E-state index in [0.717, 1.165) is 69.3 Å². The molecule has 0 radical (unpaired) electrons. The number of hydrogen-bond acceptors (Lipinski definition) is 4. The predicted molar refractivity (Wildman–Crippen MR) is 128 cm³/mol. The number of para-hydroxylation sites is 1. The molecule has 1 fully saturated rings. The third-order valence-corrected chi connectivity index (χ3v) is 5.63. The molecule has 1 aromatic carbocycles. The molecule has 1 N–H and O–H groups in total. The van der Waals surface area contributed by atoms with Crippen LogP contribution in [0.25, 0.3) is 0 Å². The van der Waals surface area contributed by atoms with Crippen molar-refractivity contribution < 1.29 is 4.74 Å². The summed E-state index contributed by atoms with van der Waals surface area (Å²) in [7, 11) is 0. The van der Waals surface area contributed by atoms with Crippen molar-refractivity contribution in [3.8, 4) is 5.75 Å². The number of likely N-dealkylation sites (tertiary alicyclic amines) is 1. The number of aryl methyl sites for hydroxylation is 2. The highest BCUT2D eigenvalue weighted by Crippen LogP contribution is 2.18. The van der Waals surface area contributed by atoms with Gasteiger partial charge in [0.05, 0.1) is 5.01 Å². The molecule has 2 heterocycles. The van der Waals surface area contributed by atoms with E-state index in [2.05, 4.69) is 27.5 Å². The summed E-state index contributed by atoms with van der Waals surface area (Å²) in [5.74, 6) is 2.00. The van der Waals surface area contributed by atoms with Gasteiger partial charge in [0.15, 0.2) is 5.96 Å². The fourth-order valence-corrected chi connectivity index (χ4v) is 4.05. The number of benzene rings is 1. The quantitative estimate of drug-likeness (QED) is 0.256. The number of halogens is 1. The Bertz CT molecular complexity index is 714. The van der Waals surface area contributed by atoms with Gasteiger partial charge in [-0.2, -0.15) is 0 Å². The Morgan fingerprint density at radius 3 is 2.68 bits per heavy atom. The van der Waals surface area contributed by atoms with E-state index in [1.54, 1.807) is 11.3 Å². The highest BCUT2D eigenvalue weighted by Gasteiger charge is 2.22. The van der Waals surface area contributed by atoms with Crippen molar-refractivity contribution in [2.45, 2.75) is 45.6 Å². The minimum Gasteiger partial charge on any atom is -0.490 e. The molecule has 0 saturated carbocycles. The summed E-state index contributed by atoms with van der Waals surface area (Å²) in [4.78, 5) is 11.7. The third kappa shape index (κ3) is 7.24. The normalized spacial score (nSPS) is 15.2. The summed E-state index contributed by atoms with van der Waals surface area (Å²) < 4.78 is 6.10. The Morgan fingerprint density at radius 1 is 1.29 bits per heavy atom. The molecule has 0 unspecified atom stereocenters. The summed E-state index contributed by atoms with van der Waals surface area (Å²) in [6.45, 7) is 7.86. The molecule has 0 atom stereocenters. The van der Waals surface area contributed by atoms with Crippen LogP contribution in [-0.4, -0.2) is 48.1 Å². The van der Waals surface area contributed by atoms with Gasteiger partial charge in [-0.05, 0) is 32.4 Å². The third-order valence-electron chi connectivity index (χ3n) is 4.60. The second-order valence-corrected chi connectivity index (χ2v) is 7.78. The van der Waals surface area contributed by atoms with Gasteiger partial charge < -0.3 is 15.0 Å². The molecule has 154 valence electrons. The Hall–Kier alpha value is -1.35. The van der Waals surface area contributed by atoms with Crippen molar-refractivity contribution >= 4 is 41.3 Å². The minimum absolute atomic E-state index is 0. The molecule has 1 aliphatic heterocycles. The Kier molecular flexibility index (Phi) is 10.0. The van der Waals surface area contributed by atoms with Crippen LogP contribution in [0.15, 0.2) is 40.7 Å². The van der Waals surface area contributed by atoms with Gasteiger partial charge in [0, 0.05) is 56.5 Å². The van der Waals surface area contributed by atoms with E-state index in [1.165, 1.54) is 5.01 Å². The van der Waals surface area contributed by atoms with Crippen LogP contribution >= 0.6 is 35.3 Å². The van der Waals surface area contributed by atoms with Crippen molar-refractivity contribution in [1.29, 1.82) is 0 Å². The van der Waals surface area contributed by atoms with Crippen LogP contribution in [-0.2, 0) is 6.42 Å². The van der Waals surface area contributed by atoms with E-state index in [9.17, 15) is 0 Å². The molecule has 0 bridgehead atoms. The molecule has 5 nitrogen and oxygen atoms in total. The van der Waals surface area contributed by atoms with Crippen LogP contribution in [0.4, 0.5) is 0 Å². The van der Waals surface area contributed by atoms with Crippen molar-refractivity contribution in [2.24, 2.45) is 4.99 Å². The fourth-order valence-electron chi connectivity index (χ4n) is 3.24. The maximum Gasteiger partial charge on any atom is 0.193 e. The average Bonchev–Trinajstić information content (AvgIpc) is 3.11. The van der Waals surface area contributed by atoms with Crippen molar-refractivity contribution in [2.75, 3.05) is 26.2 Å². The number of aliphatic imine (C=N–C) groups is 1. The highest BCUT2D eigenvalue weighted by molar-refractivity contribution is 14.0. The van der Waals surface area contributed by atoms with E-state index in [1.807, 2.05) is 37.3 Å². The lowest BCUT2D eigenvalue weighted by Crippen LogP contribution is -2.47. The lowest BCUT2D eigenvalue weighted by molar-refractivity contribution is 0.129. The second-order valence-electron chi connectivity index (χ2n) is 6.84. The van der Waals surface area contributed by atoms with Gasteiger partial charge in [-0.15, -0.1) is 35.3 Å². The van der Waals surface area contributed by atoms with Crippen LogP contribution in [0.2, 0.25) is 0 Å².